The van der Waals surface area contributed by atoms with Crippen LogP contribution in [0, 0.1) is 0 Å². The summed E-state index contributed by atoms with van der Waals surface area (Å²) in [5.41, 5.74) is 3.32. The van der Waals surface area contributed by atoms with Crippen LogP contribution in [0.15, 0.2) is 78.9 Å². The van der Waals surface area contributed by atoms with Crippen LogP contribution in [-0.2, 0) is 11.8 Å². The molecule has 4 heteroatoms. The fourth-order valence-corrected chi connectivity index (χ4v) is 3.46. The van der Waals surface area contributed by atoms with E-state index in [1.54, 1.807) is 24.3 Å². The first-order valence-corrected chi connectivity index (χ1v) is 9.12. The van der Waals surface area contributed by atoms with E-state index in [2.05, 4.69) is 19.1 Å². The van der Waals surface area contributed by atoms with Crippen molar-refractivity contribution in [2.75, 3.05) is 0 Å². The number of carboxylic acids is 2. The van der Waals surface area contributed by atoms with E-state index in [1.165, 1.54) is 5.56 Å². The molecule has 3 aromatic carbocycles. The van der Waals surface area contributed by atoms with Crippen molar-refractivity contribution in [1.29, 1.82) is 0 Å². The molecule has 0 fully saturated rings. The van der Waals surface area contributed by atoms with Gasteiger partial charge in [0.1, 0.15) is 0 Å². The number of aryl methyl sites for hydroxylation is 1. The van der Waals surface area contributed by atoms with E-state index in [0.717, 1.165) is 24.0 Å². The Hall–Kier alpha value is -3.40. The summed E-state index contributed by atoms with van der Waals surface area (Å²) in [5, 5.41) is 18.3. The first-order valence-electron chi connectivity index (χ1n) is 9.12. The molecule has 0 atom stereocenters. The molecule has 0 saturated heterocycles. The van der Waals surface area contributed by atoms with Crippen LogP contribution in [0.5, 0.6) is 0 Å². The Morgan fingerprint density at radius 3 is 1.54 bits per heavy atom. The van der Waals surface area contributed by atoms with Crippen LogP contribution in [0.2, 0.25) is 0 Å². The number of hydrogen-bond donors (Lipinski definition) is 2. The molecule has 2 N–H and O–H groups in total. The topological polar surface area (TPSA) is 74.6 Å². The van der Waals surface area contributed by atoms with Crippen LogP contribution in [-0.4, -0.2) is 22.2 Å². The highest BCUT2D eigenvalue weighted by Gasteiger charge is 2.29. The molecule has 0 aliphatic heterocycles. The van der Waals surface area contributed by atoms with Gasteiger partial charge in [-0.25, -0.2) is 9.59 Å². The first-order chi connectivity index (χ1) is 13.4. The smallest absolute Gasteiger partial charge is 0.335 e. The molecule has 0 aliphatic carbocycles. The molecule has 0 amide bonds. The van der Waals surface area contributed by atoms with E-state index < -0.39 is 11.9 Å². The Morgan fingerprint density at radius 1 is 0.714 bits per heavy atom. The summed E-state index contributed by atoms with van der Waals surface area (Å²) in [4.78, 5) is 22.4. The maximum Gasteiger partial charge on any atom is 0.335 e. The molecular formula is C24H22O4. The summed E-state index contributed by atoms with van der Waals surface area (Å²) in [6.07, 6.45) is 1.65. The highest BCUT2D eigenvalue weighted by molar-refractivity contribution is 5.88. The van der Waals surface area contributed by atoms with Crippen molar-refractivity contribution >= 4 is 11.9 Å². The van der Waals surface area contributed by atoms with Crippen molar-refractivity contribution in [2.24, 2.45) is 0 Å². The van der Waals surface area contributed by atoms with Crippen molar-refractivity contribution in [3.63, 3.8) is 0 Å². The summed E-state index contributed by atoms with van der Waals surface area (Å²) < 4.78 is 0. The Morgan fingerprint density at radius 2 is 1.14 bits per heavy atom. The Bertz CT molecular complexity index is 900. The Kier molecular flexibility index (Phi) is 5.59. The minimum atomic E-state index is -0.955. The molecule has 0 bridgehead atoms. The summed E-state index contributed by atoms with van der Waals surface area (Å²) in [6, 6.07) is 24.0. The van der Waals surface area contributed by atoms with Gasteiger partial charge in [0.2, 0.25) is 0 Å². The molecule has 0 aromatic heterocycles. The summed E-state index contributed by atoms with van der Waals surface area (Å²) >= 11 is 0. The lowest BCUT2D eigenvalue weighted by Crippen LogP contribution is -2.25. The van der Waals surface area contributed by atoms with E-state index in [1.807, 2.05) is 42.5 Å². The zero-order chi connectivity index (χ0) is 20.1. The van der Waals surface area contributed by atoms with E-state index in [9.17, 15) is 19.8 Å². The molecule has 142 valence electrons. The van der Waals surface area contributed by atoms with Gasteiger partial charge in [-0.05, 0) is 53.8 Å². The molecule has 0 radical (unpaired) electrons. The second-order valence-corrected chi connectivity index (χ2v) is 7.08. The normalized spacial score (nSPS) is 11.2. The average molecular weight is 374 g/mol. The SMILES string of the molecule is CC(CCc1ccccc1)(c1ccc(C(=O)O)cc1)c1ccc(C(=O)O)cc1. The second-order valence-electron chi connectivity index (χ2n) is 7.08. The summed E-state index contributed by atoms with van der Waals surface area (Å²) in [5.74, 6) is -1.91. The lowest BCUT2D eigenvalue weighted by Gasteiger charge is -2.31. The van der Waals surface area contributed by atoms with Crippen LogP contribution >= 0.6 is 0 Å². The van der Waals surface area contributed by atoms with Gasteiger partial charge in [-0.1, -0.05) is 61.5 Å². The van der Waals surface area contributed by atoms with Crippen LogP contribution in [0.1, 0.15) is 50.8 Å². The Labute approximate surface area is 164 Å². The molecule has 3 aromatic rings. The molecule has 0 aliphatic rings. The maximum atomic E-state index is 11.2. The van der Waals surface area contributed by atoms with Gasteiger partial charge in [0.15, 0.2) is 0 Å². The number of benzene rings is 3. The summed E-state index contributed by atoms with van der Waals surface area (Å²) in [6.45, 7) is 2.11. The maximum absolute atomic E-state index is 11.2. The van der Waals surface area contributed by atoms with Gasteiger partial charge in [0.05, 0.1) is 11.1 Å². The second kappa shape index (κ2) is 8.09. The molecule has 0 heterocycles. The van der Waals surface area contributed by atoms with Crippen LogP contribution in [0.3, 0.4) is 0 Å². The highest BCUT2D eigenvalue weighted by atomic mass is 16.4. The zero-order valence-corrected chi connectivity index (χ0v) is 15.6. The minimum absolute atomic E-state index is 0.246. The predicted molar refractivity (Wildman–Crippen MR) is 108 cm³/mol. The quantitative estimate of drug-likeness (QED) is 0.609. The molecule has 28 heavy (non-hydrogen) atoms. The number of rotatable bonds is 7. The van der Waals surface area contributed by atoms with Crippen molar-refractivity contribution in [3.8, 4) is 0 Å². The van der Waals surface area contributed by atoms with Crippen molar-refractivity contribution < 1.29 is 19.8 Å². The van der Waals surface area contributed by atoms with Gasteiger partial charge in [-0.3, -0.25) is 0 Å². The fraction of sp³-hybridized carbons (Fsp3) is 0.167. The number of aromatic carboxylic acids is 2. The zero-order valence-electron chi connectivity index (χ0n) is 15.6. The molecule has 0 spiro atoms. The third-order valence-electron chi connectivity index (χ3n) is 5.29. The third-order valence-corrected chi connectivity index (χ3v) is 5.29. The highest BCUT2D eigenvalue weighted by Crippen LogP contribution is 2.37. The first kappa shape index (κ1) is 19.4. The van der Waals surface area contributed by atoms with Crippen molar-refractivity contribution in [1.82, 2.24) is 0 Å². The van der Waals surface area contributed by atoms with Gasteiger partial charge in [-0.2, -0.15) is 0 Å². The van der Waals surface area contributed by atoms with Gasteiger partial charge in [-0.15, -0.1) is 0 Å². The van der Waals surface area contributed by atoms with E-state index >= 15 is 0 Å². The molecular weight excluding hydrogens is 352 g/mol. The standard InChI is InChI=1S/C24H22O4/c1-24(16-15-17-5-3-2-4-6-17,20-11-7-18(8-12-20)22(25)26)21-13-9-19(10-14-21)23(27)28/h2-14H,15-16H2,1H3,(H,25,26)(H,27,28). The predicted octanol–water partition coefficient (Wildman–Crippen LogP) is 5.02. The van der Waals surface area contributed by atoms with Crippen molar-refractivity contribution in [3.05, 3.63) is 107 Å². The van der Waals surface area contributed by atoms with E-state index in [0.29, 0.717) is 0 Å². The van der Waals surface area contributed by atoms with Gasteiger partial charge in [0, 0.05) is 5.41 Å². The van der Waals surface area contributed by atoms with E-state index in [-0.39, 0.29) is 16.5 Å². The number of carbonyl (C=O) groups is 2. The van der Waals surface area contributed by atoms with Crippen LogP contribution in [0.25, 0.3) is 0 Å². The van der Waals surface area contributed by atoms with Gasteiger partial charge >= 0.3 is 11.9 Å². The largest absolute Gasteiger partial charge is 0.478 e. The van der Waals surface area contributed by atoms with Crippen LogP contribution < -0.4 is 0 Å². The van der Waals surface area contributed by atoms with E-state index in [4.69, 9.17) is 0 Å². The lowest BCUT2D eigenvalue weighted by molar-refractivity contribution is 0.0686. The Balaban J connectivity index is 1.99. The fourth-order valence-electron chi connectivity index (χ4n) is 3.46. The van der Waals surface area contributed by atoms with Gasteiger partial charge < -0.3 is 10.2 Å². The monoisotopic (exact) mass is 374 g/mol. The lowest BCUT2D eigenvalue weighted by atomic mass is 9.72. The molecule has 0 saturated carbocycles. The van der Waals surface area contributed by atoms with Crippen molar-refractivity contribution in [2.45, 2.75) is 25.2 Å². The third kappa shape index (κ3) is 4.12. The molecule has 3 rings (SSSR count). The minimum Gasteiger partial charge on any atom is -0.478 e. The summed E-state index contributed by atoms with van der Waals surface area (Å²) in [7, 11) is 0. The molecule has 4 nitrogen and oxygen atoms in total. The number of hydrogen-bond acceptors (Lipinski definition) is 2. The number of carboxylic acid groups (broad SMARTS) is 2. The van der Waals surface area contributed by atoms with Gasteiger partial charge in [0.25, 0.3) is 0 Å². The van der Waals surface area contributed by atoms with Crippen LogP contribution in [0.4, 0.5) is 0 Å². The average Bonchev–Trinajstić information content (AvgIpc) is 2.73. The molecule has 0 unspecified atom stereocenters.